The van der Waals surface area contributed by atoms with Gasteiger partial charge >= 0.3 is 0 Å². The zero-order valence-electron chi connectivity index (χ0n) is 10.3. The molecule has 1 N–H and O–H groups in total. The number of anilines is 1. The van der Waals surface area contributed by atoms with Gasteiger partial charge < -0.3 is 0 Å². The largest absolute Gasteiger partial charge is 0.294 e. The summed E-state index contributed by atoms with van der Waals surface area (Å²) in [6.07, 6.45) is 3.21. The highest BCUT2D eigenvalue weighted by molar-refractivity contribution is 6.10. The molecule has 1 aromatic carbocycles. The van der Waals surface area contributed by atoms with E-state index >= 15 is 0 Å². The van der Waals surface area contributed by atoms with E-state index in [9.17, 15) is 4.79 Å². The number of hydrazone groups is 1. The minimum Gasteiger partial charge on any atom is -0.294 e. The third-order valence-electron chi connectivity index (χ3n) is 3.06. The molecule has 1 aliphatic rings. The number of ketones is 1. The molecule has 0 spiro atoms. The molecule has 0 atom stereocenters. The van der Waals surface area contributed by atoms with Gasteiger partial charge in [-0.1, -0.05) is 12.1 Å². The van der Waals surface area contributed by atoms with Crippen LogP contribution in [-0.2, 0) is 6.42 Å². The van der Waals surface area contributed by atoms with Crippen LogP contribution in [0.2, 0.25) is 0 Å². The van der Waals surface area contributed by atoms with Crippen molar-refractivity contribution < 1.29 is 4.79 Å². The average molecular weight is 252 g/mol. The summed E-state index contributed by atoms with van der Waals surface area (Å²) in [6.45, 7) is 0. The summed E-state index contributed by atoms with van der Waals surface area (Å²) in [5.74, 6) is 0.140. The number of fused-ring (bicyclic) bond motifs is 1. The van der Waals surface area contributed by atoms with E-state index in [2.05, 4.69) is 10.5 Å². The molecule has 0 radical (unpaired) electrons. The molecule has 5 nitrogen and oxygen atoms in total. The molecule has 0 aromatic heterocycles. The number of Topliss-reactive ketones (excluding diaryl/α,β-unsaturated/α-hetero) is 1. The Morgan fingerprint density at radius 2 is 1.95 bits per heavy atom. The fourth-order valence-corrected chi connectivity index (χ4v) is 2.14. The van der Waals surface area contributed by atoms with Crippen molar-refractivity contribution in [2.24, 2.45) is 5.10 Å². The van der Waals surface area contributed by atoms with E-state index in [1.807, 2.05) is 6.07 Å². The van der Waals surface area contributed by atoms with Crippen LogP contribution in [0.5, 0.6) is 0 Å². The summed E-state index contributed by atoms with van der Waals surface area (Å²) in [5, 5.41) is 21.0. The van der Waals surface area contributed by atoms with Gasteiger partial charge in [0.1, 0.15) is 12.1 Å². The Morgan fingerprint density at radius 1 is 1.21 bits per heavy atom. The fraction of sp³-hybridized carbons (Fsp3) is 0.286. The van der Waals surface area contributed by atoms with Gasteiger partial charge in [0.15, 0.2) is 5.78 Å². The van der Waals surface area contributed by atoms with Crippen molar-refractivity contribution in [1.29, 1.82) is 10.5 Å². The first kappa shape index (κ1) is 12.8. The summed E-state index contributed by atoms with van der Waals surface area (Å²) in [5.41, 5.74) is 4.80. The van der Waals surface area contributed by atoms with Crippen molar-refractivity contribution in [1.82, 2.24) is 0 Å². The number of benzene rings is 1. The predicted molar refractivity (Wildman–Crippen MR) is 70.6 cm³/mol. The summed E-state index contributed by atoms with van der Waals surface area (Å²) < 4.78 is 0. The number of hydrogen-bond acceptors (Lipinski definition) is 5. The van der Waals surface area contributed by atoms with Crippen LogP contribution >= 0.6 is 0 Å². The highest BCUT2D eigenvalue weighted by Gasteiger charge is 2.17. The molecular formula is C14H12N4O. The van der Waals surface area contributed by atoms with Gasteiger partial charge in [0.2, 0.25) is 5.71 Å². The monoisotopic (exact) mass is 252 g/mol. The molecule has 0 amide bonds. The molecule has 0 saturated heterocycles. The SMILES string of the molecule is N#CC(C#N)=NNc1cccc2c1CCCCC2=O. The molecular weight excluding hydrogens is 240 g/mol. The first-order valence-electron chi connectivity index (χ1n) is 6.05. The van der Waals surface area contributed by atoms with E-state index in [-0.39, 0.29) is 11.5 Å². The van der Waals surface area contributed by atoms with Crippen molar-refractivity contribution in [2.45, 2.75) is 25.7 Å². The average Bonchev–Trinajstić information content (AvgIpc) is 2.63. The molecule has 19 heavy (non-hydrogen) atoms. The lowest BCUT2D eigenvalue weighted by molar-refractivity contribution is 0.0982. The van der Waals surface area contributed by atoms with Crippen LogP contribution in [-0.4, -0.2) is 11.5 Å². The van der Waals surface area contributed by atoms with Gasteiger partial charge in [0, 0.05) is 12.0 Å². The fourth-order valence-electron chi connectivity index (χ4n) is 2.14. The topological polar surface area (TPSA) is 89.0 Å². The first-order valence-corrected chi connectivity index (χ1v) is 6.05. The second kappa shape index (κ2) is 5.79. The van der Waals surface area contributed by atoms with Crippen LogP contribution in [0.4, 0.5) is 5.69 Å². The Labute approximate surface area is 111 Å². The summed E-state index contributed by atoms with van der Waals surface area (Å²) in [7, 11) is 0. The Bertz CT molecular complexity index is 603. The van der Waals surface area contributed by atoms with Crippen molar-refractivity contribution in [2.75, 3.05) is 5.43 Å². The molecule has 1 aliphatic carbocycles. The Morgan fingerprint density at radius 3 is 2.68 bits per heavy atom. The van der Waals surface area contributed by atoms with E-state index in [1.54, 1.807) is 24.3 Å². The maximum absolute atomic E-state index is 11.9. The highest BCUT2D eigenvalue weighted by atomic mass is 16.1. The first-order chi connectivity index (χ1) is 9.26. The molecule has 2 rings (SSSR count). The third kappa shape index (κ3) is 2.78. The maximum Gasteiger partial charge on any atom is 0.237 e. The second-order valence-electron chi connectivity index (χ2n) is 4.26. The normalized spacial score (nSPS) is 13.5. The number of hydrogen-bond donors (Lipinski definition) is 1. The van der Waals surface area contributed by atoms with Crippen LogP contribution in [0, 0.1) is 22.7 Å². The van der Waals surface area contributed by atoms with Crippen molar-refractivity contribution in [3.05, 3.63) is 29.3 Å². The Balaban J connectivity index is 2.36. The molecule has 0 unspecified atom stereocenters. The number of nitriles is 2. The Hall–Kier alpha value is -2.66. The van der Waals surface area contributed by atoms with Crippen molar-refractivity contribution in [3.63, 3.8) is 0 Å². The number of carbonyl (C=O) groups excluding carboxylic acids is 1. The van der Waals surface area contributed by atoms with Crippen LogP contribution in [0.25, 0.3) is 0 Å². The van der Waals surface area contributed by atoms with E-state index in [0.29, 0.717) is 17.7 Å². The number of rotatable bonds is 2. The molecule has 0 aliphatic heterocycles. The lowest BCUT2D eigenvalue weighted by Crippen LogP contribution is -2.04. The van der Waals surface area contributed by atoms with Crippen molar-refractivity contribution in [3.8, 4) is 12.1 Å². The van der Waals surface area contributed by atoms with Gasteiger partial charge in [-0.15, -0.1) is 0 Å². The molecule has 1 aromatic rings. The minimum absolute atomic E-state index is 0.140. The molecule has 0 fully saturated rings. The van der Waals surface area contributed by atoms with Gasteiger partial charge in [-0.05, 0) is 30.9 Å². The van der Waals surface area contributed by atoms with E-state index < -0.39 is 0 Å². The van der Waals surface area contributed by atoms with Crippen LogP contribution in [0.3, 0.4) is 0 Å². The standard InChI is InChI=1S/C14H12N4O/c15-8-10(9-16)17-18-13-6-3-5-12-11(13)4-1-2-7-14(12)19/h3,5-6,18H,1-2,4,7H2. The lowest BCUT2D eigenvalue weighted by atomic mass is 10.0. The molecule has 0 saturated carbocycles. The zero-order chi connectivity index (χ0) is 13.7. The van der Waals surface area contributed by atoms with E-state index in [0.717, 1.165) is 24.8 Å². The van der Waals surface area contributed by atoms with Crippen LogP contribution in [0.15, 0.2) is 23.3 Å². The lowest BCUT2D eigenvalue weighted by Gasteiger charge is -2.10. The van der Waals surface area contributed by atoms with Crippen LogP contribution < -0.4 is 5.43 Å². The minimum atomic E-state index is -0.238. The summed E-state index contributed by atoms with van der Waals surface area (Å²) in [6, 6.07) is 8.75. The van der Waals surface area contributed by atoms with E-state index in [4.69, 9.17) is 10.5 Å². The van der Waals surface area contributed by atoms with Gasteiger partial charge in [-0.25, -0.2) is 0 Å². The zero-order valence-corrected chi connectivity index (χ0v) is 10.3. The summed E-state index contributed by atoms with van der Waals surface area (Å²) >= 11 is 0. The third-order valence-corrected chi connectivity index (χ3v) is 3.06. The molecule has 5 heteroatoms. The van der Waals surface area contributed by atoms with Gasteiger partial charge in [0.05, 0.1) is 5.69 Å². The maximum atomic E-state index is 11.9. The smallest absolute Gasteiger partial charge is 0.237 e. The van der Waals surface area contributed by atoms with Crippen molar-refractivity contribution >= 4 is 17.2 Å². The van der Waals surface area contributed by atoms with Gasteiger partial charge in [-0.3, -0.25) is 10.2 Å². The van der Waals surface area contributed by atoms with Crippen LogP contribution in [0.1, 0.15) is 35.2 Å². The predicted octanol–water partition coefficient (Wildman–Crippen LogP) is 2.41. The summed E-state index contributed by atoms with van der Waals surface area (Å²) in [4.78, 5) is 11.9. The molecule has 94 valence electrons. The van der Waals surface area contributed by atoms with Gasteiger partial charge in [0.25, 0.3) is 0 Å². The second-order valence-corrected chi connectivity index (χ2v) is 4.26. The van der Waals surface area contributed by atoms with Gasteiger partial charge in [-0.2, -0.15) is 15.6 Å². The van der Waals surface area contributed by atoms with E-state index in [1.165, 1.54) is 0 Å². The molecule has 0 bridgehead atoms. The number of nitrogens with zero attached hydrogens (tertiary/aromatic N) is 3. The quantitative estimate of drug-likeness (QED) is 0.497. The number of nitrogens with one attached hydrogen (secondary N) is 1. The number of carbonyl (C=O) groups is 1. The molecule has 0 heterocycles. The Kier molecular flexibility index (Phi) is 3.90. The highest BCUT2D eigenvalue weighted by Crippen LogP contribution is 2.27.